The number of nitrogens with zero attached hydrogens (tertiary/aromatic N) is 1. The summed E-state index contributed by atoms with van der Waals surface area (Å²) in [6.45, 7) is 3.39. The van der Waals surface area contributed by atoms with Gasteiger partial charge in [-0.05, 0) is 55.8 Å². The number of ether oxygens (including phenoxy) is 1. The highest BCUT2D eigenvalue weighted by Gasteiger charge is 2.22. The molecular formula is C25H23NO4. The smallest absolute Gasteiger partial charge is 0.424 e. The van der Waals surface area contributed by atoms with Crippen LogP contribution < -0.4 is 4.90 Å². The van der Waals surface area contributed by atoms with Crippen molar-refractivity contribution in [3.63, 3.8) is 0 Å². The van der Waals surface area contributed by atoms with Crippen LogP contribution in [-0.2, 0) is 9.53 Å². The molecule has 1 amide bonds. The van der Waals surface area contributed by atoms with Crippen molar-refractivity contribution in [1.82, 2.24) is 0 Å². The molecule has 3 aromatic rings. The van der Waals surface area contributed by atoms with E-state index >= 15 is 0 Å². The van der Waals surface area contributed by atoms with Crippen LogP contribution in [0.2, 0.25) is 0 Å². The first-order valence-corrected chi connectivity index (χ1v) is 9.62. The number of carbonyl (C=O) groups is 2. The predicted molar refractivity (Wildman–Crippen MR) is 118 cm³/mol. The number of para-hydroxylation sites is 2. The van der Waals surface area contributed by atoms with Crippen molar-refractivity contribution in [2.24, 2.45) is 0 Å². The van der Waals surface area contributed by atoms with Gasteiger partial charge in [0.2, 0.25) is 0 Å². The predicted octanol–water partition coefficient (Wildman–Crippen LogP) is 6.21. The van der Waals surface area contributed by atoms with Crippen LogP contribution in [0.3, 0.4) is 0 Å². The van der Waals surface area contributed by atoms with Crippen LogP contribution in [-0.4, -0.2) is 17.2 Å². The highest BCUT2D eigenvalue weighted by Crippen LogP contribution is 2.29. The maximum atomic E-state index is 13.2. The zero-order chi connectivity index (χ0) is 21.5. The highest BCUT2D eigenvalue weighted by molar-refractivity contribution is 5.98. The Labute approximate surface area is 175 Å². The van der Waals surface area contributed by atoms with E-state index in [0.717, 1.165) is 0 Å². The molecule has 152 valence electrons. The summed E-state index contributed by atoms with van der Waals surface area (Å²) in [6, 6.07) is 25.5. The minimum atomic E-state index is -0.912. The lowest BCUT2D eigenvalue weighted by Crippen LogP contribution is -2.26. The second kappa shape index (κ2) is 9.56. The molecule has 3 aromatic carbocycles. The van der Waals surface area contributed by atoms with E-state index in [2.05, 4.69) is 0 Å². The number of aliphatic carboxylic acids is 1. The topological polar surface area (TPSA) is 66.8 Å². The average molecular weight is 401 g/mol. The lowest BCUT2D eigenvalue weighted by molar-refractivity contribution is -0.138. The van der Waals surface area contributed by atoms with E-state index in [1.54, 1.807) is 44.2 Å². The van der Waals surface area contributed by atoms with Gasteiger partial charge in [0.05, 0.1) is 17.3 Å². The van der Waals surface area contributed by atoms with Gasteiger partial charge in [-0.2, -0.15) is 0 Å². The first-order chi connectivity index (χ1) is 14.5. The van der Waals surface area contributed by atoms with E-state index in [0.29, 0.717) is 28.3 Å². The molecule has 0 aromatic heterocycles. The molecule has 0 spiro atoms. The van der Waals surface area contributed by atoms with Crippen molar-refractivity contribution < 1.29 is 19.4 Å². The third-order valence-electron chi connectivity index (χ3n) is 4.71. The van der Waals surface area contributed by atoms with Crippen molar-refractivity contribution in [3.05, 3.63) is 102 Å². The number of carboxylic acid groups (broad SMARTS) is 1. The quantitative estimate of drug-likeness (QED) is 0.499. The molecule has 1 atom stereocenters. The van der Waals surface area contributed by atoms with Crippen LogP contribution in [0.25, 0.3) is 5.76 Å². The largest absolute Gasteiger partial charge is 0.481 e. The van der Waals surface area contributed by atoms with Gasteiger partial charge in [0, 0.05) is 5.56 Å². The summed E-state index contributed by atoms with van der Waals surface area (Å²) in [6.07, 6.45) is 1.13. The van der Waals surface area contributed by atoms with Gasteiger partial charge < -0.3 is 9.84 Å². The number of allylic oxidation sites excluding steroid dienone is 1. The van der Waals surface area contributed by atoms with Crippen molar-refractivity contribution >= 4 is 29.2 Å². The van der Waals surface area contributed by atoms with E-state index in [4.69, 9.17) is 4.74 Å². The molecule has 0 aliphatic heterocycles. The number of amides is 1. The molecule has 3 rings (SSSR count). The summed E-state index contributed by atoms with van der Waals surface area (Å²) in [5.74, 6) is -1.22. The molecular weight excluding hydrogens is 378 g/mol. The Morgan fingerprint density at radius 2 is 1.47 bits per heavy atom. The Morgan fingerprint density at radius 1 is 0.900 bits per heavy atom. The monoisotopic (exact) mass is 401 g/mol. The summed E-state index contributed by atoms with van der Waals surface area (Å²) in [7, 11) is 0. The Bertz CT molecular complexity index is 1010. The Morgan fingerprint density at radius 3 is 1.97 bits per heavy atom. The van der Waals surface area contributed by atoms with Gasteiger partial charge in [0.15, 0.2) is 0 Å². The maximum absolute atomic E-state index is 13.2. The summed E-state index contributed by atoms with van der Waals surface area (Å²) >= 11 is 0. The molecule has 0 saturated heterocycles. The Kier molecular flexibility index (Phi) is 6.65. The molecule has 1 unspecified atom stereocenters. The van der Waals surface area contributed by atoms with Gasteiger partial charge in [0.1, 0.15) is 5.76 Å². The number of rotatable bonds is 6. The normalized spacial score (nSPS) is 12.1. The number of hydrogen-bond donors (Lipinski definition) is 1. The molecule has 1 N–H and O–H groups in total. The standard InChI is InChI=1S/C25H23NO4/c1-3-23(20-12-10-11-19(17-20)18(2)24(27)28)30-25(29)26(21-13-6-4-7-14-21)22-15-8-5-9-16-22/h3-18H,1-2H3,(H,27,28)/b23-3-. The minimum absolute atomic E-state index is 0.358. The fraction of sp³-hybridized carbons (Fsp3) is 0.120. The van der Waals surface area contributed by atoms with Crippen molar-refractivity contribution in [2.45, 2.75) is 19.8 Å². The Hall–Kier alpha value is -3.86. The zero-order valence-electron chi connectivity index (χ0n) is 16.9. The first-order valence-electron chi connectivity index (χ1n) is 9.62. The third-order valence-corrected chi connectivity index (χ3v) is 4.71. The van der Waals surface area contributed by atoms with E-state index in [1.807, 2.05) is 60.7 Å². The summed E-state index contributed by atoms with van der Waals surface area (Å²) in [5, 5.41) is 9.29. The molecule has 0 saturated carbocycles. The first kappa shape index (κ1) is 20.9. The third kappa shape index (κ3) is 4.75. The summed E-state index contributed by atoms with van der Waals surface area (Å²) in [5.41, 5.74) is 2.63. The summed E-state index contributed by atoms with van der Waals surface area (Å²) < 4.78 is 5.75. The fourth-order valence-corrected chi connectivity index (χ4v) is 3.04. The van der Waals surface area contributed by atoms with Gasteiger partial charge in [-0.3, -0.25) is 4.79 Å². The van der Waals surface area contributed by atoms with Crippen molar-refractivity contribution in [3.8, 4) is 0 Å². The van der Waals surface area contributed by atoms with Gasteiger partial charge in [-0.25, -0.2) is 9.69 Å². The van der Waals surface area contributed by atoms with Crippen LogP contribution in [0, 0.1) is 0 Å². The van der Waals surface area contributed by atoms with Crippen molar-refractivity contribution in [1.29, 1.82) is 0 Å². The average Bonchev–Trinajstić information content (AvgIpc) is 2.78. The highest BCUT2D eigenvalue weighted by atomic mass is 16.6. The molecule has 0 radical (unpaired) electrons. The second-order valence-corrected chi connectivity index (χ2v) is 6.71. The van der Waals surface area contributed by atoms with E-state index in [1.165, 1.54) is 4.90 Å². The molecule has 5 heteroatoms. The van der Waals surface area contributed by atoms with Crippen LogP contribution in [0.1, 0.15) is 30.9 Å². The molecule has 0 bridgehead atoms. The van der Waals surface area contributed by atoms with Gasteiger partial charge >= 0.3 is 12.1 Å². The fourth-order valence-electron chi connectivity index (χ4n) is 3.04. The van der Waals surface area contributed by atoms with E-state index < -0.39 is 18.0 Å². The molecule has 5 nitrogen and oxygen atoms in total. The molecule has 30 heavy (non-hydrogen) atoms. The van der Waals surface area contributed by atoms with Gasteiger partial charge in [0.25, 0.3) is 0 Å². The molecule has 0 aliphatic carbocycles. The molecule has 0 aliphatic rings. The zero-order valence-corrected chi connectivity index (χ0v) is 16.9. The lowest BCUT2D eigenvalue weighted by Gasteiger charge is -2.23. The van der Waals surface area contributed by atoms with Crippen LogP contribution in [0.4, 0.5) is 16.2 Å². The number of carbonyl (C=O) groups excluding carboxylic acids is 1. The lowest BCUT2D eigenvalue weighted by atomic mass is 9.98. The Balaban J connectivity index is 1.91. The van der Waals surface area contributed by atoms with E-state index in [-0.39, 0.29) is 0 Å². The van der Waals surface area contributed by atoms with Gasteiger partial charge in [-0.1, -0.05) is 54.6 Å². The summed E-state index contributed by atoms with van der Waals surface area (Å²) in [4.78, 5) is 26.0. The SMILES string of the molecule is C/C=C(\OC(=O)N(c1ccccc1)c1ccccc1)c1cccc(C(C)C(=O)O)c1. The number of carboxylic acids is 1. The van der Waals surface area contributed by atoms with Crippen LogP contribution in [0.15, 0.2) is 91.0 Å². The van der Waals surface area contributed by atoms with Crippen molar-refractivity contribution in [2.75, 3.05) is 4.90 Å². The van der Waals surface area contributed by atoms with E-state index in [9.17, 15) is 14.7 Å². The molecule has 0 heterocycles. The van der Waals surface area contributed by atoms with Crippen LogP contribution in [0.5, 0.6) is 0 Å². The second-order valence-electron chi connectivity index (χ2n) is 6.71. The minimum Gasteiger partial charge on any atom is -0.481 e. The molecule has 0 fully saturated rings. The number of benzene rings is 3. The maximum Gasteiger partial charge on any atom is 0.424 e. The van der Waals surface area contributed by atoms with Gasteiger partial charge in [-0.15, -0.1) is 0 Å². The van der Waals surface area contributed by atoms with Crippen LogP contribution >= 0.6 is 0 Å². The number of hydrogen-bond acceptors (Lipinski definition) is 3. The number of anilines is 2.